The fourth-order valence-corrected chi connectivity index (χ4v) is 2.34. The molecule has 2 unspecified atom stereocenters. The molecule has 0 saturated heterocycles. The molecular formula is C10H16Ba. The third kappa shape index (κ3) is 1.66. The molecule has 1 heteroatoms. The molecule has 1 fully saturated rings. The molecule has 0 amide bonds. The van der Waals surface area contributed by atoms with Crippen LogP contribution in [0.1, 0.15) is 33.6 Å². The summed E-state index contributed by atoms with van der Waals surface area (Å²) in [5.41, 5.74) is 2.33. The largest absolute Gasteiger partial charge is 0.0816 e. The Hall–Kier alpha value is 1.31. The molecule has 0 aromatic rings. The van der Waals surface area contributed by atoms with E-state index in [0.29, 0.717) is 5.41 Å². The number of allylic oxidation sites excluding steroid dienone is 2. The van der Waals surface area contributed by atoms with Crippen molar-refractivity contribution in [2.24, 2.45) is 17.3 Å². The van der Waals surface area contributed by atoms with E-state index >= 15 is 0 Å². The zero-order chi connectivity index (χ0) is 7.35. The molecule has 2 aliphatic rings. The number of fused-ring (bicyclic) bond motifs is 1. The molecular weight excluding hydrogens is 257 g/mol. The average molecular weight is 274 g/mol. The van der Waals surface area contributed by atoms with E-state index < -0.39 is 0 Å². The van der Waals surface area contributed by atoms with Gasteiger partial charge in [-0.25, -0.2) is 0 Å². The molecule has 2 atom stereocenters. The van der Waals surface area contributed by atoms with Crippen LogP contribution in [0, 0.1) is 17.3 Å². The zero-order valence-corrected chi connectivity index (χ0v) is 12.3. The SMILES string of the molecule is CC1C=C2C(CC1)C2(C)C.[Ba]. The van der Waals surface area contributed by atoms with E-state index in [0.717, 1.165) is 11.8 Å². The van der Waals surface area contributed by atoms with Gasteiger partial charge in [-0.05, 0) is 30.1 Å². The van der Waals surface area contributed by atoms with Crippen molar-refractivity contribution in [1.29, 1.82) is 0 Å². The molecule has 0 aliphatic heterocycles. The molecule has 2 rings (SSSR count). The molecule has 2 radical (unpaired) electrons. The molecule has 0 aromatic carbocycles. The van der Waals surface area contributed by atoms with Gasteiger partial charge in [0.05, 0.1) is 0 Å². The van der Waals surface area contributed by atoms with E-state index in [1.165, 1.54) is 12.8 Å². The van der Waals surface area contributed by atoms with Crippen molar-refractivity contribution in [1.82, 2.24) is 0 Å². The first-order chi connectivity index (χ1) is 4.62. The van der Waals surface area contributed by atoms with Crippen LogP contribution in [0.3, 0.4) is 0 Å². The quantitative estimate of drug-likeness (QED) is 0.470. The summed E-state index contributed by atoms with van der Waals surface area (Å²) in [5.74, 6) is 1.82. The Morgan fingerprint density at radius 3 is 2.45 bits per heavy atom. The van der Waals surface area contributed by atoms with Crippen LogP contribution in [-0.4, -0.2) is 48.9 Å². The summed E-state index contributed by atoms with van der Waals surface area (Å²) in [6, 6.07) is 0. The minimum absolute atomic E-state index is 0. The van der Waals surface area contributed by atoms with E-state index in [1.807, 2.05) is 0 Å². The Bertz CT molecular complexity index is 191. The van der Waals surface area contributed by atoms with E-state index in [-0.39, 0.29) is 48.9 Å². The molecule has 0 aromatic heterocycles. The second-order valence-electron chi connectivity index (χ2n) is 4.45. The van der Waals surface area contributed by atoms with Crippen LogP contribution in [0.4, 0.5) is 0 Å². The molecule has 1 saturated carbocycles. The van der Waals surface area contributed by atoms with Crippen molar-refractivity contribution in [3.8, 4) is 0 Å². The van der Waals surface area contributed by atoms with E-state index in [4.69, 9.17) is 0 Å². The van der Waals surface area contributed by atoms with Crippen molar-refractivity contribution < 1.29 is 0 Å². The second kappa shape index (κ2) is 3.22. The average Bonchev–Trinajstić information content (AvgIpc) is 2.36. The summed E-state index contributed by atoms with van der Waals surface area (Å²) in [6.07, 6.45) is 5.35. The zero-order valence-electron chi connectivity index (χ0n) is 7.85. The summed E-state index contributed by atoms with van der Waals surface area (Å²) in [6.45, 7) is 7.08. The van der Waals surface area contributed by atoms with Crippen molar-refractivity contribution in [3.63, 3.8) is 0 Å². The number of rotatable bonds is 0. The minimum atomic E-state index is 0. The van der Waals surface area contributed by atoms with Gasteiger partial charge in [-0.15, -0.1) is 0 Å². The first-order valence-corrected chi connectivity index (χ1v) is 4.34. The van der Waals surface area contributed by atoms with Gasteiger partial charge >= 0.3 is 0 Å². The normalized spacial score (nSPS) is 38.3. The van der Waals surface area contributed by atoms with Crippen LogP contribution >= 0.6 is 0 Å². The van der Waals surface area contributed by atoms with Crippen LogP contribution in [0.15, 0.2) is 11.6 Å². The maximum Gasteiger partial charge on any atom is 0 e. The maximum absolute atomic E-state index is 2.49. The maximum atomic E-state index is 2.49. The topological polar surface area (TPSA) is 0 Å². The Morgan fingerprint density at radius 1 is 1.36 bits per heavy atom. The van der Waals surface area contributed by atoms with Gasteiger partial charge in [0, 0.05) is 48.9 Å². The molecule has 11 heavy (non-hydrogen) atoms. The van der Waals surface area contributed by atoms with Crippen molar-refractivity contribution in [2.45, 2.75) is 33.6 Å². The summed E-state index contributed by atoms with van der Waals surface area (Å²) in [7, 11) is 0. The van der Waals surface area contributed by atoms with Crippen LogP contribution in [0.25, 0.3) is 0 Å². The van der Waals surface area contributed by atoms with Gasteiger partial charge < -0.3 is 0 Å². The summed E-state index contributed by atoms with van der Waals surface area (Å²) >= 11 is 0. The van der Waals surface area contributed by atoms with E-state index in [2.05, 4.69) is 26.8 Å². The molecule has 0 N–H and O–H groups in total. The Labute approximate surface area is 110 Å². The first kappa shape index (κ1) is 10.4. The molecule has 58 valence electrons. The second-order valence-corrected chi connectivity index (χ2v) is 4.45. The first-order valence-electron chi connectivity index (χ1n) is 4.34. The van der Waals surface area contributed by atoms with E-state index in [1.54, 1.807) is 5.57 Å². The fourth-order valence-electron chi connectivity index (χ4n) is 2.34. The summed E-state index contributed by atoms with van der Waals surface area (Å²) in [5, 5.41) is 0. The molecule has 0 nitrogen and oxygen atoms in total. The van der Waals surface area contributed by atoms with Crippen LogP contribution in [0.2, 0.25) is 0 Å². The van der Waals surface area contributed by atoms with Gasteiger partial charge in [-0.3, -0.25) is 0 Å². The summed E-state index contributed by atoms with van der Waals surface area (Å²) < 4.78 is 0. The monoisotopic (exact) mass is 274 g/mol. The number of hydrogen-bond donors (Lipinski definition) is 0. The van der Waals surface area contributed by atoms with E-state index in [9.17, 15) is 0 Å². The van der Waals surface area contributed by atoms with Crippen molar-refractivity contribution in [3.05, 3.63) is 11.6 Å². The van der Waals surface area contributed by atoms with Gasteiger partial charge in [0.25, 0.3) is 0 Å². The van der Waals surface area contributed by atoms with Crippen LogP contribution in [-0.2, 0) is 0 Å². The van der Waals surface area contributed by atoms with Gasteiger partial charge in [0.15, 0.2) is 0 Å². The molecule has 0 bridgehead atoms. The smallest absolute Gasteiger partial charge is 0 e. The molecule has 0 spiro atoms. The fraction of sp³-hybridized carbons (Fsp3) is 0.800. The third-order valence-corrected chi connectivity index (χ3v) is 3.28. The molecule has 2 aliphatic carbocycles. The minimum Gasteiger partial charge on any atom is -0.0816 e. The predicted octanol–water partition coefficient (Wildman–Crippen LogP) is 2.62. The van der Waals surface area contributed by atoms with Gasteiger partial charge in [-0.2, -0.15) is 0 Å². The summed E-state index contributed by atoms with van der Waals surface area (Å²) in [4.78, 5) is 0. The standard InChI is InChI=1S/C10H16.Ba/c1-7-4-5-8-9(6-7)10(8,2)3;/h6-8H,4-5H2,1-3H3;. The van der Waals surface area contributed by atoms with Crippen molar-refractivity contribution in [2.75, 3.05) is 0 Å². The Morgan fingerprint density at radius 2 is 2.00 bits per heavy atom. The van der Waals surface area contributed by atoms with Gasteiger partial charge in [-0.1, -0.05) is 32.4 Å². The molecule has 0 heterocycles. The van der Waals surface area contributed by atoms with Crippen molar-refractivity contribution >= 4 is 48.9 Å². The Balaban J connectivity index is 0.000000605. The third-order valence-electron chi connectivity index (χ3n) is 3.28. The Kier molecular flexibility index (Phi) is 3.05. The predicted molar refractivity (Wildman–Crippen MR) is 49.5 cm³/mol. The number of hydrogen-bond acceptors (Lipinski definition) is 0. The van der Waals surface area contributed by atoms with Crippen LogP contribution in [0.5, 0.6) is 0 Å². The van der Waals surface area contributed by atoms with Crippen LogP contribution < -0.4 is 0 Å². The van der Waals surface area contributed by atoms with Gasteiger partial charge in [0.2, 0.25) is 0 Å². The van der Waals surface area contributed by atoms with Gasteiger partial charge in [0.1, 0.15) is 0 Å².